The molecular weight excluding hydrogens is 588 g/mol. The van der Waals surface area contributed by atoms with Gasteiger partial charge in [0.25, 0.3) is 0 Å². The maximum Gasteiger partial charge on any atom is 0.318 e. The first-order chi connectivity index (χ1) is 23.1. The molecule has 4 aliphatic heterocycles. The number of fused-ring (bicyclic) bond motifs is 2. The molecule has 2 aromatic rings. The molecule has 0 bridgehead atoms. The summed E-state index contributed by atoms with van der Waals surface area (Å²) in [6.45, 7) is 7.59. The second-order valence-corrected chi connectivity index (χ2v) is 14.1. The van der Waals surface area contributed by atoms with Crippen molar-refractivity contribution in [2.75, 3.05) is 75.8 Å². The number of amides is 1. The molecule has 5 aliphatic rings. The number of carbonyl (C=O) groups excluding carboxylic acids is 1. The number of nitriles is 1. The smallest absolute Gasteiger partial charge is 0.318 e. The van der Waals surface area contributed by atoms with Crippen LogP contribution in [0.1, 0.15) is 61.8 Å². The molecule has 3 saturated heterocycles. The van der Waals surface area contributed by atoms with Crippen LogP contribution >= 0.6 is 0 Å². The molecule has 7 rings (SSSR count). The third kappa shape index (κ3) is 7.12. The lowest BCUT2D eigenvalue weighted by molar-refractivity contribution is -0.128. The van der Waals surface area contributed by atoms with E-state index in [1.807, 2.05) is 11.0 Å². The van der Waals surface area contributed by atoms with Gasteiger partial charge in [0.05, 0.1) is 24.2 Å². The number of para-hydroxylation sites is 1. The Morgan fingerprint density at radius 3 is 2.70 bits per heavy atom. The summed E-state index contributed by atoms with van der Waals surface area (Å²) in [5, 5.41) is 9.76. The van der Waals surface area contributed by atoms with Crippen molar-refractivity contribution in [1.82, 2.24) is 24.7 Å². The molecule has 10 heteroatoms. The van der Waals surface area contributed by atoms with E-state index in [4.69, 9.17) is 14.7 Å². The molecule has 3 atom stereocenters. The highest BCUT2D eigenvalue weighted by Gasteiger charge is 2.35. The fraction of sp³-hybridized carbons (Fsp3) is 0.622. The lowest BCUT2D eigenvalue weighted by Gasteiger charge is -2.43. The molecule has 1 aromatic carbocycles. The van der Waals surface area contributed by atoms with Crippen molar-refractivity contribution < 1.29 is 9.53 Å². The monoisotopic (exact) mass is 638 g/mol. The SMILES string of the molecule is CN1CCC[C@H]1COc1nc2c(c(N3CCN(C(=O)/C=C/CN4CCCC4)[C@@H](CC#N)C3)n1)CC[C@H](N1CCCc3ccccc31)C2. The Hall–Kier alpha value is -3.68. The number of hydrogen-bond donors (Lipinski definition) is 0. The Kier molecular flexibility index (Phi) is 9.92. The highest BCUT2D eigenvalue weighted by Crippen LogP contribution is 2.37. The van der Waals surface area contributed by atoms with E-state index in [2.05, 4.69) is 57.0 Å². The molecule has 1 aliphatic carbocycles. The van der Waals surface area contributed by atoms with Crippen molar-refractivity contribution in [3.8, 4) is 12.1 Å². The maximum absolute atomic E-state index is 13.3. The molecular formula is C37H50N8O2. The van der Waals surface area contributed by atoms with E-state index in [1.165, 1.54) is 42.5 Å². The molecule has 5 heterocycles. The van der Waals surface area contributed by atoms with E-state index in [1.54, 1.807) is 6.08 Å². The van der Waals surface area contributed by atoms with Crippen LogP contribution in [0, 0.1) is 11.3 Å². The van der Waals surface area contributed by atoms with Crippen molar-refractivity contribution in [2.24, 2.45) is 0 Å². The fourth-order valence-corrected chi connectivity index (χ4v) is 8.43. The minimum absolute atomic E-state index is 0.00294. The molecule has 0 radical (unpaired) electrons. The van der Waals surface area contributed by atoms with E-state index in [-0.39, 0.29) is 11.9 Å². The number of aryl methyl sites for hydroxylation is 1. The van der Waals surface area contributed by atoms with Gasteiger partial charge in [-0.05, 0) is 89.7 Å². The number of likely N-dealkylation sites (N-methyl/N-ethyl adjacent to an activating group) is 1. The molecule has 1 amide bonds. The average molecular weight is 639 g/mol. The van der Waals surface area contributed by atoms with Crippen LogP contribution < -0.4 is 14.5 Å². The number of piperazine rings is 1. The predicted octanol–water partition coefficient (Wildman–Crippen LogP) is 3.84. The minimum atomic E-state index is -0.194. The van der Waals surface area contributed by atoms with Crippen LogP contribution in [0.15, 0.2) is 36.4 Å². The Morgan fingerprint density at radius 2 is 1.87 bits per heavy atom. The molecule has 0 saturated carbocycles. The third-order valence-corrected chi connectivity index (χ3v) is 11.1. The van der Waals surface area contributed by atoms with Gasteiger partial charge in [-0.1, -0.05) is 24.3 Å². The van der Waals surface area contributed by atoms with Gasteiger partial charge in [0.1, 0.15) is 12.4 Å². The van der Waals surface area contributed by atoms with Gasteiger partial charge in [-0.3, -0.25) is 9.69 Å². The van der Waals surface area contributed by atoms with Crippen LogP contribution in [0.3, 0.4) is 0 Å². The molecule has 0 unspecified atom stereocenters. The topological polar surface area (TPSA) is 92.1 Å². The van der Waals surface area contributed by atoms with Crippen LogP contribution in [-0.4, -0.2) is 115 Å². The quantitative estimate of drug-likeness (QED) is 0.380. The van der Waals surface area contributed by atoms with Gasteiger partial charge >= 0.3 is 6.01 Å². The lowest BCUT2D eigenvalue weighted by atomic mass is 9.88. The highest BCUT2D eigenvalue weighted by atomic mass is 16.5. The summed E-state index contributed by atoms with van der Waals surface area (Å²) >= 11 is 0. The van der Waals surface area contributed by atoms with E-state index in [0.29, 0.717) is 50.8 Å². The standard InChI is InChI=1S/C37H50N8O2/c1-41-18-7-11-31(41)27-47-37-39-33-25-29(44-22-6-10-28-9-2-3-12-34(28)44)14-15-32(33)36(40-37)43-23-24-45(30(26-43)16-17-38)35(46)13-8-21-42-19-4-5-20-42/h2-3,8-9,12-13,29-31H,4-7,10-11,14-16,18-27H2,1H3/b13-8+/t29-,30-,31-/m0/s1. The van der Waals surface area contributed by atoms with E-state index in [0.717, 1.165) is 76.3 Å². The number of hydrogen-bond acceptors (Lipinski definition) is 9. The zero-order valence-corrected chi connectivity index (χ0v) is 28.0. The fourth-order valence-electron chi connectivity index (χ4n) is 8.43. The number of nitrogens with zero attached hydrogens (tertiary/aromatic N) is 8. The van der Waals surface area contributed by atoms with Gasteiger partial charge in [-0.2, -0.15) is 15.2 Å². The second-order valence-electron chi connectivity index (χ2n) is 14.1. The zero-order chi connectivity index (χ0) is 32.2. The average Bonchev–Trinajstić information content (AvgIpc) is 3.78. The minimum Gasteiger partial charge on any atom is -0.462 e. The van der Waals surface area contributed by atoms with Crippen molar-refractivity contribution in [3.05, 3.63) is 53.2 Å². The van der Waals surface area contributed by atoms with Gasteiger partial charge in [0.2, 0.25) is 5.91 Å². The first-order valence-electron chi connectivity index (χ1n) is 18.0. The number of carbonyl (C=O) groups is 1. The number of benzene rings is 1. The molecule has 47 heavy (non-hydrogen) atoms. The van der Waals surface area contributed by atoms with Crippen LogP contribution in [0.25, 0.3) is 0 Å². The number of rotatable bonds is 9. The molecule has 0 N–H and O–H groups in total. The summed E-state index contributed by atoms with van der Waals surface area (Å²) in [6, 6.07) is 12.2. The number of likely N-dealkylation sites (tertiary alicyclic amines) is 2. The van der Waals surface area contributed by atoms with Crippen molar-refractivity contribution in [2.45, 2.75) is 82.3 Å². The largest absolute Gasteiger partial charge is 0.462 e. The molecule has 3 fully saturated rings. The Morgan fingerprint density at radius 1 is 1.00 bits per heavy atom. The number of aromatic nitrogens is 2. The number of ether oxygens (including phenoxy) is 1. The molecule has 1 aromatic heterocycles. The number of anilines is 2. The van der Waals surface area contributed by atoms with Gasteiger partial charge in [0.15, 0.2) is 0 Å². The Bertz CT molecular complexity index is 1480. The van der Waals surface area contributed by atoms with Gasteiger partial charge in [-0.25, -0.2) is 0 Å². The summed E-state index contributed by atoms with van der Waals surface area (Å²) in [7, 11) is 2.17. The van der Waals surface area contributed by atoms with Crippen molar-refractivity contribution >= 4 is 17.4 Å². The molecule has 250 valence electrons. The van der Waals surface area contributed by atoms with Gasteiger partial charge in [-0.15, -0.1) is 0 Å². The zero-order valence-electron chi connectivity index (χ0n) is 28.0. The highest BCUT2D eigenvalue weighted by molar-refractivity contribution is 5.88. The lowest BCUT2D eigenvalue weighted by Crippen LogP contribution is -2.55. The Balaban J connectivity index is 1.12. The van der Waals surface area contributed by atoms with E-state index >= 15 is 0 Å². The van der Waals surface area contributed by atoms with Crippen LogP contribution in [0.5, 0.6) is 6.01 Å². The van der Waals surface area contributed by atoms with Crippen LogP contribution in [0.4, 0.5) is 11.5 Å². The van der Waals surface area contributed by atoms with Crippen LogP contribution in [-0.2, 0) is 24.1 Å². The Labute approximate surface area is 280 Å². The third-order valence-electron chi connectivity index (χ3n) is 11.1. The summed E-state index contributed by atoms with van der Waals surface area (Å²) in [5.41, 5.74) is 5.11. The van der Waals surface area contributed by atoms with Crippen molar-refractivity contribution in [3.63, 3.8) is 0 Å². The maximum atomic E-state index is 13.3. The summed E-state index contributed by atoms with van der Waals surface area (Å²) < 4.78 is 6.38. The van der Waals surface area contributed by atoms with E-state index < -0.39 is 0 Å². The van der Waals surface area contributed by atoms with Gasteiger partial charge < -0.3 is 24.3 Å². The first kappa shape index (κ1) is 31.9. The molecule has 0 spiro atoms. The van der Waals surface area contributed by atoms with E-state index in [9.17, 15) is 10.1 Å². The first-order valence-corrected chi connectivity index (χ1v) is 18.0. The van der Waals surface area contributed by atoms with Gasteiger partial charge in [0, 0.05) is 68.6 Å². The summed E-state index contributed by atoms with van der Waals surface area (Å²) in [6.07, 6.45) is 13.9. The molecule has 10 nitrogen and oxygen atoms in total. The summed E-state index contributed by atoms with van der Waals surface area (Å²) in [5.74, 6) is 0.935. The normalized spacial score (nSPS) is 25.2. The predicted molar refractivity (Wildman–Crippen MR) is 184 cm³/mol. The van der Waals surface area contributed by atoms with Crippen LogP contribution in [0.2, 0.25) is 0 Å². The summed E-state index contributed by atoms with van der Waals surface area (Å²) in [4.78, 5) is 35.1. The second kappa shape index (κ2) is 14.6. The van der Waals surface area contributed by atoms with Crippen molar-refractivity contribution in [1.29, 1.82) is 5.26 Å².